The SMILES string of the molecule is COc1ccc(C(N)=O)c(OC(=O)c2ccc(N3CCC(C)CC3)c([N+](=O)[O-])c2)c1. The zero-order chi connectivity index (χ0) is 21.8. The molecule has 9 nitrogen and oxygen atoms in total. The molecular weight excluding hydrogens is 390 g/mol. The first-order valence-corrected chi connectivity index (χ1v) is 9.53. The van der Waals surface area contributed by atoms with Crippen LogP contribution in [-0.4, -0.2) is 37.0 Å². The number of nitrogens with two attached hydrogens (primary N) is 1. The van der Waals surface area contributed by atoms with E-state index < -0.39 is 16.8 Å². The van der Waals surface area contributed by atoms with Gasteiger partial charge in [0.2, 0.25) is 0 Å². The van der Waals surface area contributed by atoms with Crippen LogP contribution in [0.2, 0.25) is 0 Å². The lowest BCUT2D eigenvalue weighted by atomic mass is 9.98. The minimum absolute atomic E-state index is 0.00212. The van der Waals surface area contributed by atoms with E-state index in [2.05, 4.69) is 6.92 Å². The number of benzene rings is 2. The Kier molecular flexibility index (Phi) is 6.20. The molecule has 30 heavy (non-hydrogen) atoms. The second-order valence-corrected chi connectivity index (χ2v) is 7.25. The summed E-state index contributed by atoms with van der Waals surface area (Å²) in [5.74, 6) is -0.752. The van der Waals surface area contributed by atoms with Gasteiger partial charge in [-0.05, 0) is 43.0 Å². The fourth-order valence-electron chi connectivity index (χ4n) is 3.39. The van der Waals surface area contributed by atoms with Gasteiger partial charge in [-0.2, -0.15) is 0 Å². The number of nitro benzene ring substituents is 1. The molecule has 2 aromatic rings. The minimum atomic E-state index is -0.840. The fourth-order valence-corrected chi connectivity index (χ4v) is 3.39. The van der Waals surface area contributed by atoms with Gasteiger partial charge in [-0.3, -0.25) is 14.9 Å². The average molecular weight is 413 g/mol. The average Bonchev–Trinajstić information content (AvgIpc) is 2.73. The lowest BCUT2D eigenvalue weighted by molar-refractivity contribution is -0.384. The molecule has 1 amide bonds. The number of nitrogens with zero attached hydrogens (tertiary/aromatic N) is 2. The van der Waals surface area contributed by atoms with E-state index in [9.17, 15) is 19.7 Å². The van der Waals surface area contributed by atoms with E-state index in [-0.39, 0.29) is 22.6 Å². The Labute approximate surface area is 173 Å². The van der Waals surface area contributed by atoms with Crippen LogP contribution in [0.4, 0.5) is 11.4 Å². The van der Waals surface area contributed by atoms with Crippen molar-refractivity contribution in [1.82, 2.24) is 0 Å². The van der Waals surface area contributed by atoms with Crippen molar-refractivity contribution in [3.8, 4) is 11.5 Å². The first-order chi connectivity index (χ1) is 14.3. The van der Waals surface area contributed by atoms with Crippen molar-refractivity contribution < 1.29 is 24.0 Å². The molecule has 0 radical (unpaired) electrons. The smallest absolute Gasteiger partial charge is 0.343 e. The third kappa shape index (κ3) is 4.51. The lowest BCUT2D eigenvalue weighted by Crippen LogP contribution is -2.33. The molecule has 2 N–H and O–H groups in total. The van der Waals surface area contributed by atoms with Gasteiger partial charge in [0.15, 0.2) is 0 Å². The normalized spacial score (nSPS) is 14.3. The van der Waals surface area contributed by atoms with Crippen molar-refractivity contribution in [3.63, 3.8) is 0 Å². The zero-order valence-corrected chi connectivity index (χ0v) is 16.8. The number of amides is 1. The number of primary amides is 1. The van der Waals surface area contributed by atoms with Gasteiger partial charge in [0, 0.05) is 25.2 Å². The van der Waals surface area contributed by atoms with Crippen LogP contribution in [0.15, 0.2) is 36.4 Å². The van der Waals surface area contributed by atoms with E-state index >= 15 is 0 Å². The third-order valence-corrected chi connectivity index (χ3v) is 5.19. The predicted molar refractivity (Wildman–Crippen MR) is 110 cm³/mol. The molecular formula is C21H23N3O6. The molecule has 1 saturated heterocycles. The Hall–Kier alpha value is -3.62. The number of carbonyl (C=O) groups excluding carboxylic acids is 2. The number of carbonyl (C=O) groups is 2. The van der Waals surface area contributed by atoms with Crippen molar-refractivity contribution in [2.45, 2.75) is 19.8 Å². The van der Waals surface area contributed by atoms with Gasteiger partial charge in [-0.25, -0.2) is 4.79 Å². The van der Waals surface area contributed by atoms with Crippen LogP contribution in [0.3, 0.4) is 0 Å². The number of methoxy groups -OCH3 is 1. The molecule has 0 spiro atoms. The van der Waals surface area contributed by atoms with Gasteiger partial charge in [0.1, 0.15) is 17.2 Å². The number of anilines is 1. The molecule has 9 heteroatoms. The van der Waals surface area contributed by atoms with Gasteiger partial charge in [-0.1, -0.05) is 6.92 Å². The summed E-state index contributed by atoms with van der Waals surface area (Å²) < 4.78 is 10.4. The largest absolute Gasteiger partial charge is 0.497 e. The summed E-state index contributed by atoms with van der Waals surface area (Å²) >= 11 is 0. The molecule has 2 aromatic carbocycles. The minimum Gasteiger partial charge on any atom is -0.497 e. The first-order valence-electron chi connectivity index (χ1n) is 9.53. The summed E-state index contributed by atoms with van der Waals surface area (Å²) in [6.45, 7) is 3.60. The van der Waals surface area contributed by atoms with E-state index in [1.807, 2.05) is 4.90 Å². The maximum atomic E-state index is 12.6. The summed E-state index contributed by atoms with van der Waals surface area (Å²) in [5.41, 5.74) is 5.63. The highest BCUT2D eigenvalue weighted by Gasteiger charge is 2.25. The van der Waals surface area contributed by atoms with Gasteiger partial charge >= 0.3 is 5.97 Å². The van der Waals surface area contributed by atoms with Crippen LogP contribution >= 0.6 is 0 Å². The molecule has 3 rings (SSSR count). The van der Waals surface area contributed by atoms with Crippen LogP contribution in [0, 0.1) is 16.0 Å². The van der Waals surface area contributed by atoms with E-state index in [1.54, 1.807) is 6.07 Å². The first kappa shape index (κ1) is 21.1. The highest BCUT2D eigenvalue weighted by molar-refractivity contribution is 5.98. The molecule has 0 saturated carbocycles. The molecule has 0 unspecified atom stereocenters. The summed E-state index contributed by atoms with van der Waals surface area (Å²) in [7, 11) is 1.42. The number of ether oxygens (including phenoxy) is 2. The lowest BCUT2D eigenvalue weighted by Gasteiger charge is -2.31. The molecule has 1 aliphatic heterocycles. The molecule has 158 valence electrons. The second kappa shape index (κ2) is 8.81. The van der Waals surface area contributed by atoms with Crippen molar-refractivity contribution in [2.75, 3.05) is 25.1 Å². The fraction of sp³-hybridized carbons (Fsp3) is 0.333. The van der Waals surface area contributed by atoms with Gasteiger partial charge < -0.3 is 20.1 Å². The summed E-state index contributed by atoms with van der Waals surface area (Å²) in [6.07, 6.45) is 1.90. The molecule has 0 bridgehead atoms. The van der Waals surface area contributed by atoms with Gasteiger partial charge in [-0.15, -0.1) is 0 Å². The number of hydrogen-bond donors (Lipinski definition) is 1. The van der Waals surface area contributed by atoms with E-state index in [1.165, 1.54) is 37.4 Å². The molecule has 0 atom stereocenters. The zero-order valence-electron chi connectivity index (χ0n) is 16.8. The van der Waals surface area contributed by atoms with Crippen LogP contribution < -0.4 is 20.1 Å². The number of nitro groups is 1. The highest BCUT2D eigenvalue weighted by Crippen LogP contribution is 2.33. The Balaban J connectivity index is 1.89. The van der Waals surface area contributed by atoms with Crippen LogP contribution in [-0.2, 0) is 0 Å². The number of esters is 1. The summed E-state index contributed by atoms with van der Waals surface area (Å²) in [5, 5.41) is 11.6. The topological polar surface area (TPSA) is 125 Å². The Morgan fingerprint density at radius 1 is 1.17 bits per heavy atom. The van der Waals surface area contributed by atoms with E-state index in [0.717, 1.165) is 25.9 Å². The van der Waals surface area contributed by atoms with Crippen molar-refractivity contribution in [1.29, 1.82) is 0 Å². The summed E-state index contributed by atoms with van der Waals surface area (Å²) in [4.78, 5) is 37.4. The number of rotatable bonds is 6. The Morgan fingerprint density at radius 3 is 2.47 bits per heavy atom. The third-order valence-electron chi connectivity index (χ3n) is 5.19. The monoisotopic (exact) mass is 413 g/mol. The quantitative estimate of drug-likeness (QED) is 0.334. The maximum absolute atomic E-state index is 12.6. The second-order valence-electron chi connectivity index (χ2n) is 7.25. The van der Waals surface area contributed by atoms with E-state index in [0.29, 0.717) is 17.4 Å². The molecule has 1 aliphatic rings. The van der Waals surface area contributed by atoms with Crippen molar-refractivity contribution >= 4 is 23.3 Å². The van der Waals surface area contributed by atoms with Crippen LogP contribution in [0.1, 0.15) is 40.5 Å². The summed E-state index contributed by atoms with van der Waals surface area (Å²) in [6, 6.07) is 8.48. The number of hydrogen-bond acceptors (Lipinski definition) is 7. The molecule has 1 fully saturated rings. The highest BCUT2D eigenvalue weighted by atomic mass is 16.6. The van der Waals surface area contributed by atoms with Gasteiger partial charge in [0.25, 0.3) is 11.6 Å². The Morgan fingerprint density at radius 2 is 1.87 bits per heavy atom. The molecule has 1 heterocycles. The predicted octanol–water partition coefficient (Wildman–Crippen LogP) is 3.16. The molecule has 0 aromatic heterocycles. The standard InChI is InChI=1S/C21H23N3O6/c1-13-7-9-23(10-8-13)17-6-3-14(11-18(17)24(27)28)21(26)30-19-12-15(29-2)4-5-16(19)20(22)25/h3-6,11-13H,7-10H2,1-2H3,(H2,22,25). The van der Waals surface area contributed by atoms with E-state index in [4.69, 9.17) is 15.2 Å². The van der Waals surface area contributed by atoms with Gasteiger partial charge in [0.05, 0.1) is 23.2 Å². The van der Waals surface area contributed by atoms with Crippen LogP contribution in [0.25, 0.3) is 0 Å². The van der Waals surface area contributed by atoms with Crippen LogP contribution in [0.5, 0.6) is 11.5 Å². The Bertz CT molecular complexity index is 983. The maximum Gasteiger partial charge on any atom is 0.343 e. The van der Waals surface area contributed by atoms with Crippen molar-refractivity contribution in [2.24, 2.45) is 11.7 Å². The number of piperidine rings is 1. The van der Waals surface area contributed by atoms with Crippen molar-refractivity contribution in [3.05, 3.63) is 57.6 Å². The molecule has 0 aliphatic carbocycles.